The van der Waals surface area contributed by atoms with Gasteiger partial charge in [0.05, 0.1) is 6.54 Å². The van der Waals surface area contributed by atoms with Crippen LogP contribution < -0.4 is 5.32 Å². The minimum absolute atomic E-state index is 0.182. The average molecular weight is 297 g/mol. The maximum atomic E-state index is 12.1. The number of aliphatic imine (C=N–C) groups is 1. The van der Waals surface area contributed by atoms with Crippen molar-refractivity contribution >= 4 is 22.8 Å². The molecule has 1 atom stereocenters. The third-order valence-corrected chi connectivity index (χ3v) is 5.28. The predicted octanol–water partition coefficient (Wildman–Crippen LogP) is 2.64. The molecule has 0 bridgehead atoms. The van der Waals surface area contributed by atoms with E-state index < -0.39 is 0 Å². The molecule has 0 aromatic heterocycles. The molecule has 2 rings (SSSR count). The Kier molecular flexibility index (Phi) is 5.75. The lowest BCUT2D eigenvalue weighted by Crippen LogP contribution is -2.48. The molecule has 2 heterocycles. The van der Waals surface area contributed by atoms with Crippen molar-refractivity contribution in [1.82, 2.24) is 10.2 Å². The van der Waals surface area contributed by atoms with Crippen LogP contribution in [-0.2, 0) is 4.79 Å². The number of nitrogens with zero attached hydrogens (tertiary/aromatic N) is 2. The van der Waals surface area contributed by atoms with Crippen molar-refractivity contribution in [2.75, 3.05) is 25.4 Å². The average Bonchev–Trinajstić information content (AvgIpc) is 2.48. The molecule has 114 valence electrons. The first-order chi connectivity index (χ1) is 9.63. The molecule has 2 saturated heterocycles. The zero-order chi connectivity index (χ0) is 14.4. The summed E-state index contributed by atoms with van der Waals surface area (Å²) in [5.41, 5.74) is 0.182. The third-order valence-electron chi connectivity index (χ3n) is 4.37. The molecule has 0 spiro atoms. The SMILES string of the molecule is CCC1(C)CCSC(=NCCC(=O)N2CCCCC2)N1. The zero-order valence-electron chi connectivity index (χ0n) is 12.8. The van der Waals surface area contributed by atoms with Gasteiger partial charge in [-0.25, -0.2) is 0 Å². The third kappa shape index (κ3) is 4.40. The fourth-order valence-corrected chi connectivity index (χ4v) is 3.88. The van der Waals surface area contributed by atoms with E-state index in [9.17, 15) is 4.79 Å². The summed E-state index contributed by atoms with van der Waals surface area (Å²) in [4.78, 5) is 18.6. The standard InChI is InChI=1S/C15H27N3OS/c1-3-15(2)8-12-20-14(17-15)16-9-7-13(19)18-10-5-4-6-11-18/h3-12H2,1-2H3,(H,16,17). The van der Waals surface area contributed by atoms with E-state index in [1.165, 1.54) is 12.8 Å². The van der Waals surface area contributed by atoms with E-state index in [0.29, 0.717) is 13.0 Å². The smallest absolute Gasteiger partial charge is 0.224 e. The number of likely N-dealkylation sites (tertiary alicyclic amines) is 1. The van der Waals surface area contributed by atoms with Crippen molar-refractivity contribution in [3.8, 4) is 0 Å². The molecular weight excluding hydrogens is 270 g/mol. The monoisotopic (exact) mass is 297 g/mol. The van der Waals surface area contributed by atoms with Gasteiger partial charge < -0.3 is 10.2 Å². The summed E-state index contributed by atoms with van der Waals surface area (Å²) in [6.45, 7) is 6.96. The molecule has 2 aliphatic rings. The highest BCUT2D eigenvalue weighted by Gasteiger charge is 2.27. The van der Waals surface area contributed by atoms with Crippen molar-refractivity contribution in [1.29, 1.82) is 0 Å². The van der Waals surface area contributed by atoms with Gasteiger partial charge in [0, 0.05) is 30.8 Å². The Bertz CT molecular complexity index is 366. The molecule has 0 aromatic rings. The molecule has 0 aromatic carbocycles. The normalized spacial score (nSPS) is 29.3. The van der Waals surface area contributed by atoms with Crippen LogP contribution >= 0.6 is 11.8 Å². The molecule has 0 radical (unpaired) electrons. The number of hydrogen-bond donors (Lipinski definition) is 1. The molecule has 1 N–H and O–H groups in total. The first-order valence-electron chi connectivity index (χ1n) is 7.86. The number of hydrogen-bond acceptors (Lipinski definition) is 3. The molecule has 5 heteroatoms. The van der Waals surface area contributed by atoms with Gasteiger partial charge in [0.2, 0.25) is 5.91 Å². The molecule has 0 saturated carbocycles. The summed E-state index contributed by atoms with van der Waals surface area (Å²) in [7, 11) is 0. The van der Waals surface area contributed by atoms with Crippen LogP contribution in [0.5, 0.6) is 0 Å². The lowest BCUT2D eigenvalue weighted by molar-refractivity contribution is -0.131. The van der Waals surface area contributed by atoms with Gasteiger partial charge in [-0.1, -0.05) is 18.7 Å². The minimum Gasteiger partial charge on any atom is -0.360 e. The van der Waals surface area contributed by atoms with Crippen LogP contribution in [0.4, 0.5) is 0 Å². The Morgan fingerprint density at radius 1 is 1.40 bits per heavy atom. The highest BCUT2D eigenvalue weighted by Crippen LogP contribution is 2.24. The summed E-state index contributed by atoms with van der Waals surface area (Å²) in [5.74, 6) is 1.39. The maximum absolute atomic E-state index is 12.1. The van der Waals surface area contributed by atoms with Crippen LogP contribution in [0.1, 0.15) is 52.4 Å². The van der Waals surface area contributed by atoms with Crippen molar-refractivity contribution in [3.63, 3.8) is 0 Å². The fourth-order valence-electron chi connectivity index (χ4n) is 2.63. The summed E-state index contributed by atoms with van der Waals surface area (Å²) >= 11 is 1.78. The molecular formula is C15H27N3OS. The molecule has 2 aliphatic heterocycles. The molecule has 1 unspecified atom stereocenters. The lowest BCUT2D eigenvalue weighted by atomic mass is 9.96. The van der Waals surface area contributed by atoms with Crippen molar-refractivity contribution in [3.05, 3.63) is 0 Å². The van der Waals surface area contributed by atoms with E-state index >= 15 is 0 Å². The first kappa shape index (κ1) is 15.7. The number of piperidine rings is 1. The van der Waals surface area contributed by atoms with E-state index in [2.05, 4.69) is 24.2 Å². The van der Waals surface area contributed by atoms with Gasteiger partial charge in [-0.05, 0) is 39.0 Å². The van der Waals surface area contributed by atoms with Gasteiger partial charge in [-0.2, -0.15) is 0 Å². The fraction of sp³-hybridized carbons (Fsp3) is 0.867. The molecule has 0 aliphatic carbocycles. The van der Waals surface area contributed by atoms with Crippen LogP contribution in [0, 0.1) is 0 Å². The Balaban J connectivity index is 1.76. The second kappa shape index (κ2) is 7.34. The van der Waals surface area contributed by atoms with Gasteiger partial charge in [0.15, 0.2) is 5.17 Å². The van der Waals surface area contributed by atoms with Gasteiger partial charge in [-0.3, -0.25) is 9.79 Å². The van der Waals surface area contributed by atoms with E-state index in [1.54, 1.807) is 11.8 Å². The van der Waals surface area contributed by atoms with Crippen molar-refractivity contribution in [2.24, 2.45) is 4.99 Å². The molecule has 20 heavy (non-hydrogen) atoms. The number of carbonyl (C=O) groups excluding carboxylic acids is 1. The van der Waals surface area contributed by atoms with Crippen LogP contribution in [0.15, 0.2) is 4.99 Å². The number of rotatable bonds is 4. The maximum Gasteiger partial charge on any atom is 0.224 e. The number of nitrogens with one attached hydrogen (secondary N) is 1. The largest absolute Gasteiger partial charge is 0.360 e. The summed E-state index contributed by atoms with van der Waals surface area (Å²) in [6, 6.07) is 0. The number of amides is 1. The van der Waals surface area contributed by atoms with E-state index in [4.69, 9.17) is 0 Å². The van der Waals surface area contributed by atoms with Crippen LogP contribution in [0.25, 0.3) is 0 Å². The van der Waals surface area contributed by atoms with Gasteiger partial charge in [0.25, 0.3) is 0 Å². The van der Waals surface area contributed by atoms with Crippen LogP contribution in [0.2, 0.25) is 0 Å². The Labute approximate surface area is 126 Å². The van der Waals surface area contributed by atoms with E-state index in [-0.39, 0.29) is 11.4 Å². The quantitative estimate of drug-likeness (QED) is 0.867. The molecule has 1 amide bonds. The van der Waals surface area contributed by atoms with Crippen molar-refractivity contribution in [2.45, 2.75) is 57.9 Å². The zero-order valence-corrected chi connectivity index (χ0v) is 13.6. The second-order valence-electron chi connectivity index (χ2n) is 6.02. The predicted molar refractivity (Wildman–Crippen MR) is 86.3 cm³/mol. The number of carbonyl (C=O) groups is 1. The summed E-state index contributed by atoms with van der Waals surface area (Å²) < 4.78 is 0. The van der Waals surface area contributed by atoms with Gasteiger partial charge in [0.1, 0.15) is 0 Å². The highest BCUT2D eigenvalue weighted by molar-refractivity contribution is 8.13. The highest BCUT2D eigenvalue weighted by atomic mass is 32.2. The Morgan fingerprint density at radius 3 is 2.85 bits per heavy atom. The van der Waals surface area contributed by atoms with Crippen LogP contribution in [-0.4, -0.2) is 46.9 Å². The lowest BCUT2D eigenvalue weighted by Gasteiger charge is -2.35. The first-order valence-corrected chi connectivity index (χ1v) is 8.85. The number of amidine groups is 1. The molecule has 4 nitrogen and oxygen atoms in total. The summed E-state index contributed by atoms with van der Waals surface area (Å²) in [5, 5.41) is 4.54. The number of thioether (sulfide) groups is 1. The minimum atomic E-state index is 0.182. The topological polar surface area (TPSA) is 44.7 Å². The van der Waals surface area contributed by atoms with Gasteiger partial charge >= 0.3 is 0 Å². The van der Waals surface area contributed by atoms with Crippen LogP contribution in [0.3, 0.4) is 0 Å². The van der Waals surface area contributed by atoms with Gasteiger partial charge in [-0.15, -0.1) is 0 Å². The van der Waals surface area contributed by atoms with E-state index in [0.717, 1.165) is 43.3 Å². The molecule has 2 fully saturated rings. The van der Waals surface area contributed by atoms with E-state index in [1.807, 2.05) is 4.90 Å². The Hall–Kier alpha value is -0.710. The Morgan fingerprint density at radius 2 is 2.15 bits per heavy atom. The van der Waals surface area contributed by atoms with Crippen molar-refractivity contribution < 1.29 is 4.79 Å². The summed E-state index contributed by atoms with van der Waals surface area (Å²) in [6.07, 6.45) is 6.43. The second-order valence-corrected chi connectivity index (χ2v) is 7.10.